The van der Waals surface area contributed by atoms with Gasteiger partial charge in [-0.3, -0.25) is 9.59 Å². The number of fused-ring (bicyclic) bond motifs is 1. The van der Waals surface area contributed by atoms with Crippen LogP contribution in [0.4, 0.5) is 29.2 Å². The van der Waals surface area contributed by atoms with E-state index in [1.165, 1.54) is 6.07 Å². The van der Waals surface area contributed by atoms with Crippen LogP contribution in [0.5, 0.6) is 5.88 Å². The average Bonchev–Trinajstić information content (AvgIpc) is 3.34. The van der Waals surface area contributed by atoms with E-state index in [9.17, 15) is 27.2 Å². The highest BCUT2D eigenvalue weighted by Gasteiger charge is 2.29. The van der Waals surface area contributed by atoms with Crippen LogP contribution in [0.25, 0.3) is 11.2 Å². The van der Waals surface area contributed by atoms with Crippen LogP contribution in [-0.2, 0) is 11.3 Å². The standard InChI is InChI=1S/C27H28Cl2F4N6O3/c1-12(2)24(40)34-10-14-5-8-17(28)21(20(14)29)37-27-36-18-9-16(26(38-23(18)39-27)42-11-19(30)31)25(41)35-15-6-3-13(4-7-15)22(32)33/h5,8-9,13,15,19,22H,1,3-4,6-7,10-11H2,2H3,(H,34,40)(H,35,41)(H2,36,37,38,39)/t13-,15-. The fourth-order valence-corrected chi connectivity index (χ4v) is 5.00. The summed E-state index contributed by atoms with van der Waals surface area (Å²) in [5.41, 5.74) is 1.34. The van der Waals surface area contributed by atoms with E-state index in [2.05, 4.69) is 37.5 Å². The largest absolute Gasteiger partial charge is 0.471 e. The van der Waals surface area contributed by atoms with Gasteiger partial charge >= 0.3 is 0 Å². The summed E-state index contributed by atoms with van der Waals surface area (Å²) in [6, 6.07) is 4.19. The first-order valence-corrected chi connectivity index (χ1v) is 13.8. The number of alkyl halides is 4. The van der Waals surface area contributed by atoms with Crippen LogP contribution < -0.4 is 20.7 Å². The number of pyridine rings is 1. The number of aromatic amines is 1. The molecule has 1 fully saturated rings. The number of aromatic nitrogens is 3. The van der Waals surface area contributed by atoms with Gasteiger partial charge in [-0.05, 0) is 50.3 Å². The monoisotopic (exact) mass is 630 g/mol. The van der Waals surface area contributed by atoms with Gasteiger partial charge in [0.05, 0.1) is 15.7 Å². The lowest BCUT2D eigenvalue weighted by molar-refractivity contribution is -0.117. The lowest BCUT2D eigenvalue weighted by Gasteiger charge is -2.28. The molecule has 4 rings (SSSR count). The Morgan fingerprint density at radius 2 is 1.86 bits per heavy atom. The van der Waals surface area contributed by atoms with Gasteiger partial charge < -0.3 is 25.7 Å². The van der Waals surface area contributed by atoms with Gasteiger partial charge in [0, 0.05) is 24.1 Å². The Hall–Kier alpha value is -3.58. The Labute approximate surface area is 248 Å². The van der Waals surface area contributed by atoms with Crippen molar-refractivity contribution in [3.8, 4) is 5.88 Å². The van der Waals surface area contributed by atoms with Crippen molar-refractivity contribution in [3.63, 3.8) is 0 Å². The number of benzene rings is 1. The van der Waals surface area contributed by atoms with Crippen molar-refractivity contribution in [2.24, 2.45) is 5.92 Å². The molecule has 1 aliphatic carbocycles. The van der Waals surface area contributed by atoms with Crippen molar-refractivity contribution in [1.82, 2.24) is 25.6 Å². The van der Waals surface area contributed by atoms with Crippen molar-refractivity contribution >= 4 is 57.8 Å². The normalized spacial score (nSPS) is 17.0. The molecule has 2 aromatic heterocycles. The van der Waals surface area contributed by atoms with Crippen LogP contribution >= 0.6 is 23.2 Å². The summed E-state index contributed by atoms with van der Waals surface area (Å²) < 4.78 is 57.0. The van der Waals surface area contributed by atoms with Crippen LogP contribution in [0, 0.1) is 5.92 Å². The summed E-state index contributed by atoms with van der Waals surface area (Å²) in [6.07, 6.45) is -4.00. The number of nitrogens with one attached hydrogen (secondary N) is 4. The van der Waals surface area contributed by atoms with Crippen LogP contribution in [0.15, 0.2) is 30.4 Å². The number of halogens is 6. The molecule has 2 amide bonds. The smallest absolute Gasteiger partial charge is 0.272 e. The maximum Gasteiger partial charge on any atom is 0.272 e. The number of ether oxygens (including phenoxy) is 1. The minimum Gasteiger partial charge on any atom is -0.471 e. The molecule has 226 valence electrons. The summed E-state index contributed by atoms with van der Waals surface area (Å²) in [7, 11) is 0. The van der Waals surface area contributed by atoms with E-state index in [1.807, 2.05) is 0 Å². The van der Waals surface area contributed by atoms with E-state index in [4.69, 9.17) is 27.9 Å². The zero-order valence-electron chi connectivity index (χ0n) is 22.4. The van der Waals surface area contributed by atoms with Gasteiger partial charge in [-0.2, -0.15) is 4.98 Å². The number of carbonyl (C=O) groups is 2. The van der Waals surface area contributed by atoms with Crippen molar-refractivity contribution in [2.45, 2.75) is 58.0 Å². The molecule has 2 heterocycles. The number of nitrogens with zero attached hydrogens (tertiary/aromatic N) is 2. The van der Waals surface area contributed by atoms with Crippen LogP contribution in [0.2, 0.25) is 10.0 Å². The molecule has 4 N–H and O–H groups in total. The highest BCUT2D eigenvalue weighted by Crippen LogP contribution is 2.36. The number of amides is 2. The van der Waals surface area contributed by atoms with E-state index >= 15 is 0 Å². The number of rotatable bonds is 11. The molecule has 0 aliphatic heterocycles. The summed E-state index contributed by atoms with van der Waals surface area (Å²) in [5.74, 6) is -1.93. The molecule has 1 aliphatic rings. The molecule has 9 nitrogen and oxygen atoms in total. The van der Waals surface area contributed by atoms with Gasteiger partial charge in [-0.25, -0.2) is 22.5 Å². The molecular weight excluding hydrogens is 603 g/mol. The first kappa shape index (κ1) is 31.4. The van der Waals surface area contributed by atoms with E-state index in [-0.39, 0.29) is 75.6 Å². The Balaban J connectivity index is 1.57. The minimum atomic E-state index is -2.82. The molecule has 0 bridgehead atoms. The predicted octanol–water partition coefficient (Wildman–Crippen LogP) is 6.40. The van der Waals surface area contributed by atoms with Crippen LogP contribution in [-0.4, -0.2) is 52.3 Å². The molecular formula is C27H28Cl2F4N6O3. The predicted molar refractivity (Wildman–Crippen MR) is 151 cm³/mol. The zero-order chi connectivity index (χ0) is 30.6. The van der Waals surface area contributed by atoms with E-state index < -0.39 is 31.3 Å². The molecule has 15 heteroatoms. The van der Waals surface area contributed by atoms with Gasteiger partial charge in [0.15, 0.2) is 12.3 Å². The Kier molecular flexibility index (Phi) is 10.2. The summed E-state index contributed by atoms with van der Waals surface area (Å²) in [6.45, 7) is 4.26. The zero-order valence-corrected chi connectivity index (χ0v) is 23.9. The second kappa shape index (κ2) is 13.6. The molecule has 0 atom stereocenters. The number of hydrogen-bond acceptors (Lipinski definition) is 6. The van der Waals surface area contributed by atoms with Crippen molar-refractivity contribution in [2.75, 3.05) is 11.9 Å². The highest BCUT2D eigenvalue weighted by molar-refractivity contribution is 6.39. The maximum atomic E-state index is 13.1. The average molecular weight is 631 g/mol. The van der Waals surface area contributed by atoms with Gasteiger partial charge in [-0.1, -0.05) is 35.8 Å². The van der Waals surface area contributed by atoms with Gasteiger partial charge in [0.1, 0.15) is 11.1 Å². The minimum absolute atomic E-state index is 0.102. The topological polar surface area (TPSA) is 121 Å². The third-order valence-electron chi connectivity index (χ3n) is 6.73. The SMILES string of the molecule is C=C(C)C(=O)NCc1ccc(Cl)c(Nc2nc3cc(C(=O)N[C@H]4CC[C@H](C(F)F)CC4)c(OCC(F)F)nc3[nH]2)c1Cl. The van der Waals surface area contributed by atoms with Crippen molar-refractivity contribution in [3.05, 3.63) is 51.5 Å². The van der Waals surface area contributed by atoms with Crippen LogP contribution in [0.1, 0.15) is 48.5 Å². The Bertz CT molecular complexity index is 1480. The summed E-state index contributed by atoms with van der Waals surface area (Å²) in [5, 5.41) is 8.86. The summed E-state index contributed by atoms with van der Waals surface area (Å²) >= 11 is 12.9. The number of carbonyl (C=O) groups excluding carboxylic acids is 2. The lowest BCUT2D eigenvalue weighted by atomic mass is 9.86. The number of H-pyrrole nitrogens is 1. The van der Waals surface area contributed by atoms with E-state index in [0.717, 1.165) is 0 Å². The van der Waals surface area contributed by atoms with Crippen LogP contribution in [0.3, 0.4) is 0 Å². The highest BCUT2D eigenvalue weighted by atomic mass is 35.5. The van der Waals surface area contributed by atoms with Crippen molar-refractivity contribution < 1.29 is 31.9 Å². The molecule has 3 aromatic rings. The fourth-order valence-electron chi connectivity index (χ4n) is 4.47. The van der Waals surface area contributed by atoms with Gasteiger partial charge in [-0.15, -0.1) is 0 Å². The molecule has 0 spiro atoms. The number of hydrogen-bond donors (Lipinski definition) is 4. The molecule has 1 saturated carbocycles. The number of imidazole rings is 1. The number of anilines is 2. The lowest BCUT2D eigenvalue weighted by Crippen LogP contribution is -2.38. The van der Waals surface area contributed by atoms with E-state index in [1.54, 1.807) is 19.1 Å². The first-order chi connectivity index (χ1) is 19.9. The second-order valence-corrected chi connectivity index (χ2v) is 10.7. The second-order valence-electron chi connectivity index (χ2n) is 9.90. The van der Waals surface area contributed by atoms with E-state index in [0.29, 0.717) is 24.0 Å². The Morgan fingerprint density at radius 3 is 2.50 bits per heavy atom. The quantitative estimate of drug-likeness (QED) is 0.144. The third-order valence-corrected chi connectivity index (χ3v) is 7.48. The van der Waals surface area contributed by atoms with Crippen molar-refractivity contribution in [1.29, 1.82) is 0 Å². The van der Waals surface area contributed by atoms with Gasteiger partial charge in [0.25, 0.3) is 12.3 Å². The van der Waals surface area contributed by atoms with Gasteiger partial charge in [0.2, 0.25) is 24.2 Å². The first-order valence-electron chi connectivity index (χ1n) is 13.0. The molecule has 0 radical (unpaired) electrons. The maximum absolute atomic E-state index is 13.1. The third kappa shape index (κ3) is 7.62. The summed E-state index contributed by atoms with van der Waals surface area (Å²) in [4.78, 5) is 36.4. The molecule has 0 unspecified atom stereocenters. The Morgan fingerprint density at radius 1 is 1.14 bits per heavy atom. The molecule has 1 aromatic carbocycles. The fraction of sp³-hybridized carbons (Fsp3) is 0.407. The molecule has 0 saturated heterocycles. The molecule has 42 heavy (non-hydrogen) atoms.